The number of aromatic nitrogens is 2. The molecule has 0 fully saturated rings. The van der Waals surface area contributed by atoms with E-state index in [0.717, 1.165) is 5.69 Å². The van der Waals surface area contributed by atoms with Crippen molar-refractivity contribution in [3.63, 3.8) is 0 Å². The van der Waals surface area contributed by atoms with Crippen molar-refractivity contribution < 1.29 is 9.53 Å². The zero-order valence-electron chi connectivity index (χ0n) is 13.4. The number of anilines is 3. The molecule has 3 rings (SSSR count). The minimum atomic E-state index is -0.460. The maximum absolute atomic E-state index is 11.8. The van der Waals surface area contributed by atoms with Crippen LogP contribution in [0.2, 0.25) is 5.02 Å². The fraction of sp³-hybridized carbons (Fsp3) is 0.105. The van der Waals surface area contributed by atoms with Crippen molar-refractivity contribution >= 4 is 34.9 Å². The predicted octanol–water partition coefficient (Wildman–Crippen LogP) is 4.38. The largest absolute Gasteiger partial charge is 0.462 e. The second kappa shape index (κ2) is 7.65. The Morgan fingerprint density at radius 1 is 1.20 bits per heavy atom. The van der Waals surface area contributed by atoms with E-state index in [1.807, 2.05) is 30.3 Å². The van der Waals surface area contributed by atoms with Gasteiger partial charge in [0.15, 0.2) is 0 Å². The Morgan fingerprint density at radius 3 is 2.56 bits per heavy atom. The van der Waals surface area contributed by atoms with Gasteiger partial charge >= 0.3 is 5.97 Å². The summed E-state index contributed by atoms with van der Waals surface area (Å²) < 4.78 is 4.95. The Balaban J connectivity index is 2.04. The van der Waals surface area contributed by atoms with Crippen molar-refractivity contribution in [1.29, 1.82) is 0 Å². The van der Waals surface area contributed by atoms with E-state index in [4.69, 9.17) is 16.3 Å². The number of halogens is 1. The number of benzene rings is 1. The predicted molar refractivity (Wildman–Crippen MR) is 95.4 cm³/mol. The molecule has 1 aromatic heterocycles. The van der Waals surface area contributed by atoms with Gasteiger partial charge < -0.3 is 4.74 Å². The summed E-state index contributed by atoms with van der Waals surface area (Å²) in [6.45, 7) is 2.04. The molecular weight excluding hydrogens is 338 g/mol. The topological polar surface area (TPSA) is 55.3 Å². The lowest BCUT2D eigenvalue weighted by Gasteiger charge is -2.22. The molecule has 0 aliphatic rings. The number of hydrogen-bond acceptors (Lipinski definition) is 5. The van der Waals surface area contributed by atoms with Crippen LogP contribution in [0.15, 0.2) is 54.9 Å². The Kier molecular flexibility index (Phi) is 5.12. The van der Waals surface area contributed by atoms with Gasteiger partial charge in [-0.3, -0.25) is 4.90 Å². The molecule has 5 nitrogen and oxygen atoms in total. The van der Waals surface area contributed by atoms with Gasteiger partial charge in [0.1, 0.15) is 5.69 Å². The van der Waals surface area contributed by atoms with Crippen molar-refractivity contribution in [1.82, 2.24) is 9.97 Å². The molecule has 124 valence electrons. The molecule has 0 saturated heterocycles. The quantitative estimate of drug-likeness (QED) is 0.638. The average Bonchev–Trinajstić information content (AvgIpc) is 2.65. The van der Waals surface area contributed by atoms with Crippen LogP contribution >= 0.6 is 11.6 Å². The molecule has 0 atom stereocenters. The van der Waals surface area contributed by atoms with Crippen LogP contribution in [0.3, 0.4) is 0 Å². The molecular formula is C19H14ClN3O2. The molecule has 3 aromatic rings. The third-order valence-electron chi connectivity index (χ3n) is 3.32. The summed E-state index contributed by atoms with van der Waals surface area (Å²) in [4.78, 5) is 22.1. The van der Waals surface area contributed by atoms with Crippen LogP contribution < -0.4 is 4.90 Å². The first kappa shape index (κ1) is 16.7. The molecule has 2 aromatic carbocycles. The van der Waals surface area contributed by atoms with Gasteiger partial charge in [-0.1, -0.05) is 35.9 Å². The number of ether oxygens (including phenoxy) is 1. The zero-order chi connectivity index (χ0) is 17.6. The van der Waals surface area contributed by atoms with Crippen molar-refractivity contribution in [3.05, 3.63) is 77.6 Å². The number of para-hydroxylation sites is 1. The monoisotopic (exact) mass is 351 g/mol. The standard InChI is InChI=1S/C19H14ClN3O2/c1-2-25-18(24)14-12-21-19(22-13-14)23(15-8-4-3-5-9-15)17-11-7-6-10-16(17)20/h3-6,8-10,12-13H,2H2,1H3. The fourth-order valence-electron chi connectivity index (χ4n) is 2.20. The van der Waals surface area contributed by atoms with E-state index >= 15 is 0 Å². The second-order valence-corrected chi connectivity index (χ2v) is 5.37. The highest BCUT2D eigenvalue weighted by Gasteiger charge is 2.18. The summed E-state index contributed by atoms with van der Waals surface area (Å²) in [5.74, 6) is -0.102. The van der Waals surface area contributed by atoms with Gasteiger partial charge in [-0.15, -0.1) is 0 Å². The van der Waals surface area contributed by atoms with Gasteiger partial charge in [0.25, 0.3) is 0 Å². The van der Waals surface area contributed by atoms with Gasteiger partial charge in [-0.2, -0.15) is 0 Å². The number of nitrogens with zero attached hydrogens (tertiary/aromatic N) is 3. The Morgan fingerprint density at radius 2 is 1.92 bits per heavy atom. The van der Waals surface area contributed by atoms with E-state index in [1.54, 1.807) is 24.0 Å². The van der Waals surface area contributed by atoms with Crippen LogP contribution in [0, 0.1) is 12.1 Å². The first-order valence-corrected chi connectivity index (χ1v) is 8.00. The summed E-state index contributed by atoms with van der Waals surface area (Å²) in [7, 11) is 0. The number of hydrogen-bond donors (Lipinski definition) is 0. The van der Waals surface area contributed by atoms with Gasteiger partial charge in [-0.05, 0) is 37.3 Å². The SMILES string of the molecule is CCOC(=O)c1cnc(N(c2ccccc2)c2c#cccc2Cl)nc1. The maximum atomic E-state index is 11.8. The summed E-state index contributed by atoms with van der Waals surface area (Å²) in [6.07, 6.45) is 2.85. The highest BCUT2D eigenvalue weighted by atomic mass is 35.5. The Labute approximate surface area is 150 Å². The lowest BCUT2D eigenvalue weighted by molar-refractivity contribution is 0.0525. The van der Waals surface area contributed by atoms with Crippen LogP contribution in [0.25, 0.3) is 0 Å². The average molecular weight is 352 g/mol. The summed E-state index contributed by atoms with van der Waals surface area (Å²) in [6, 6.07) is 18.8. The van der Waals surface area contributed by atoms with E-state index in [1.165, 1.54) is 12.4 Å². The van der Waals surface area contributed by atoms with E-state index in [0.29, 0.717) is 23.3 Å². The first-order chi connectivity index (χ1) is 12.2. The van der Waals surface area contributed by atoms with Crippen LogP contribution in [-0.2, 0) is 4.74 Å². The smallest absolute Gasteiger partial charge is 0.341 e. The van der Waals surface area contributed by atoms with Crippen LogP contribution in [0.5, 0.6) is 0 Å². The molecule has 0 amide bonds. The molecule has 0 aliphatic heterocycles. The minimum Gasteiger partial charge on any atom is -0.462 e. The molecule has 0 unspecified atom stereocenters. The molecule has 6 heteroatoms. The molecule has 0 radical (unpaired) electrons. The number of rotatable bonds is 5. The number of esters is 1. The van der Waals surface area contributed by atoms with Crippen LogP contribution in [0.4, 0.5) is 17.3 Å². The summed E-state index contributed by atoms with van der Waals surface area (Å²) >= 11 is 6.32. The van der Waals surface area contributed by atoms with Gasteiger partial charge in [0.2, 0.25) is 5.95 Å². The van der Waals surface area contributed by atoms with E-state index in [2.05, 4.69) is 22.1 Å². The zero-order valence-corrected chi connectivity index (χ0v) is 14.2. The third kappa shape index (κ3) is 3.70. The van der Waals surface area contributed by atoms with E-state index < -0.39 is 5.97 Å². The molecule has 0 N–H and O–H groups in total. The Bertz CT molecular complexity index is 854. The highest BCUT2D eigenvalue weighted by molar-refractivity contribution is 6.33. The van der Waals surface area contributed by atoms with Crippen molar-refractivity contribution in [2.45, 2.75) is 6.92 Å². The summed E-state index contributed by atoms with van der Waals surface area (Å²) in [5.41, 5.74) is 1.66. The van der Waals surface area contributed by atoms with Crippen LogP contribution in [0.1, 0.15) is 17.3 Å². The van der Waals surface area contributed by atoms with Crippen molar-refractivity contribution in [3.8, 4) is 0 Å². The van der Waals surface area contributed by atoms with E-state index in [-0.39, 0.29) is 5.56 Å². The maximum Gasteiger partial charge on any atom is 0.341 e. The van der Waals surface area contributed by atoms with Crippen molar-refractivity contribution in [2.75, 3.05) is 11.5 Å². The van der Waals surface area contributed by atoms with Crippen molar-refractivity contribution in [2.24, 2.45) is 0 Å². The highest BCUT2D eigenvalue weighted by Crippen LogP contribution is 2.34. The van der Waals surface area contributed by atoms with Crippen LogP contribution in [-0.4, -0.2) is 22.5 Å². The fourth-order valence-corrected chi connectivity index (χ4v) is 2.40. The molecule has 0 aliphatic carbocycles. The second-order valence-electron chi connectivity index (χ2n) is 4.96. The van der Waals surface area contributed by atoms with Gasteiger partial charge in [0.05, 0.1) is 17.2 Å². The summed E-state index contributed by atoms with van der Waals surface area (Å²) in [5, 5.41) is 0.487. The molecule has 25 heavy (non-hydrogen) atoms. The molecule has 0 saturated carbocycles. The molecule has 1 heterocycles. The lowest BCUT2D eigenvalue weighted by atomic mass is 10.2. The van der Waals surface area contributed by atoms with E-state index in [9.17, 15) is 4.79 Å². The Hall–Kier alpha value is -3.10. The molecule has 0 bridgehead atoms. The van der Waals surface area contributed by atoms with Gasteiger partial charge in [-0.25, -0.2) is 14.8 Å². The number of carbonyl (C=O) groups is 1. The first-order valence-electron chi connectivity index (χ1n) is 7.63. The third-order valence-corrected chi connectivity index (χ3v) is 3.62. The van der Waals surface area contributed by atoms with Gasteiger partial charge in [0, 0.05) is 18.1 Å². The minimum absolute atomic E-state index is 0.285. The number of carbonyl (C=O) groups excluding carboxylic acids is 1. The lowest BCUT2D eigenvalue weighted by Crippen LogP contribution is -2.14. The normalized spacial score (nSPS) is 10.0. The molecule has 0 spiro atoms.